The van der Waals surface area contributed by atoms with Crippen LogP contribution >= 0.6 is 0 Å². The van der Waals surface area contributed by atoms with E-state index in [-0.39, 0.29) is 5.97 Å². The minimum absolute atomic E-state index is 0.318. The van der Waals surface area contributed by atoms with Crippen LogP contribution in [0, 0.1) is 6.92 Å². The number of rotatable bonds is 6. The van der Waals surface area contributed by atoms with E-state index in [9.17, 15) is 4.79 Å². The number of oxazole rings is 1. The van der Waals surface area contributed by atoms with Crippen molar-refractivity contribution >= 4 is 11.5 Å². The molecule has 0 aliphatic heterocycles. The van der Waals surface area contributed by atoms with Gasteiger partial charge in [0.2, 0.25) is 5.89 Å². The Morgan fingerprint density at radius 3 is 2.48 bits per heavy atom. The van der Waals surface area contributed by atoms with Crippen LogP contribution in [0.2, 0.25) is 0 Å². The summed E-state index contributed by atoms with van der Waals surface area (Å²) in [5.74, 6) is 1.67. The van der Waals surface area contributed by atoms with Gasteiger partial charge in [0, 0.05) is 11.6 Å². The number of esters is 1. The monoisotopic (exact) mass is 363 g/mol. The summed E-state index contributed by atoms with van der Waals surface area (Å²) in [6.07, 6.45) is 1.46. The molecule has 0 atom stereocenters. The third-order valence-corrected chi connectivity index (χ3v) is 4.13. The zero-order valence-electron chi connectivity index (χ0n) is 15.6. The van der Waals surface area contributed by atoms with Crippen molar-refractivity contribution in [2.75, 3.05) is 7.11 Å². The Hall–Kier alpha value is -3.34. The molecule has 3 rings (SSSR count). The smallest absolute Gasteiger partial charge is 0.330 e. The molecule has 27 heavy (non-hydrogen) atoms. The number of hydrogen-bond acceptors (Lipinski definition) is 5. The fourth-order valence-corrected chi connectivity index (χ4v) is 2.55. The third kappa shape index (κ3) is 4.64. The van der Waals surface area contributed by atoms with E-state index in [0.717, 1.165) is 28.2 Å². The predicted octanol–water partition coefficient (Wildman–Crippen LogP) is 4.81. The summed E-state index contributed by atoms with van der Waals surface area (Å²) in [4.78, 5) is 15.8. The maximum atomic E-state index is 11.3. The van der Waals surface area contributed by atoms with E-state index in [4.69, 9.17) is 9.15 Å². The van der Waals surface area contributed by atoms with Crippen LogP contribution in [-0.2, 0) is 16.1 Å². The maximum absolute atomic E-state index is 11.3. The van der Waals surface area contributed by atoms with E-state index in [1.165, 1.54) is 13.2 Å². The topological polar surface area (TPSA) is 61.6 Å². The lowest BCUT2D eigenvalue weighted by Gasteiger charge is -2.06. The highest BCUT2D eigenvalue weighted by molar-refractivity contribution is 5.90. The zero-order chi connectivity index (χ0) is 19.2. The Kier molecular flexibility index (Phi) is 5.71. The summed E-state index contributed by atoms with van der Waals surface area (Å²) < 4.78 is 16.2. The first-order valence-electron chi connectivity index (χ1n) is 8.58. The average Bonchev–Trinajstić information content (AvgIpc) is 3.08. The molecule has 138 valence electrons. The van der Waals surface area contributed by atoms with E-state index in [1.54, 1.807) is 0 Å². The Morgan fingerprint density at radius 1 is 1.11 bits per heavy atom. The van der Waals surface area contributed by atoms with Gasteiger partial charge in [0.25, 0.3) is 0 Å². The molecule has 0 saturated heterocycles. The van der Waals surface area contributed by atoms with Crippen molar-refractivity contribution in [3.8, 4) is 17.2 Å². The van der Waals surface area contributed by atoms with Crippen molar-refractivity contribution in [3.63, 3.8) is 0 Å². The van der Waals surface area contributed by atoms with E-state index in [1.807, 2.05) is 68.4 Å². The van der Waals surface area contributed by atoms with Gasteiger partial charge in [0.1, 0.15) is 23.8 Å². The van der Waals surface area contributed by atoms with Crippen LogP contribution in [0.3, 0.4) is 0 Å². The maximum Gasteiger partial charge on any atom is 0.330 e. The van der Waals surface area contributed by atoms with Crippen LogP contribution in [0.25, 0.3) is 17.0 Å². The van der Waals surface area contributed by atoms with Gasteiger partial charge < -0.3 is 13.9 Å². The third-order valence-electron chi connectivity index (χ3n) is 4.13. The van der Waals surface area contributed by atoms with Crippen molar-refractivity contribution in [2.45, 2.75) is 20.5 Å². The molecule has 5 heteroatoms. The number of carbonyl (C=O) groups is 1. The second kappa shape index (κ2) is 8.36. The van der Waals surface area contributed by atoms with E-state index in [0.29, 0.717) is 18.2 Å². The number of aryl methyl sites for hydroxylation is 1. The summed E-state index contributed by atoms with van der Waals surface area (Å²) >= 11 is 0. The molecule has 0 aliphatic carbocycles. The lowest BCUT2D eigenvalue weighted by Crippen LogP contribution is -1.98. The van der Waals surface area contributed by atoms with Gasteiger partial charge in [-0.3, -0.25) is 0 Å². The molecule has 2 aromatic carbocycles. The summed E-state index contributed by atoms with van der Waals surface area (Å²) in [5, 5.41) is 0. The van der Waals surface area contributed by atoms with Crippen LogP contribution in [0.1, 0.15) is 23.9 Å². The Labute approximate surface area is 158 Å². The lowest BCUT2D eigenvalue weighted by molar-refractivity contribution is -0.134. The summed E-state index contributed by atoms with van der Waals surface area (Å²) in [7, 11) is 1.36. The molecule has 0 N–H and O–H groups in total. The molecular formula is C22H21NO4. The highest BCUT2D eigenvalue weighted by Gasteiger charge is 2.12. The highest BCUT2D eigenvalue weighted by atomic mass is 16.5. The first kappa shape index (κ1) is 18.5. The fourth-order valence-electron chi connectivity index (χ4n) is 2.55. The van der Waals surface area contributed by atoms with Crippen LogP contribution in [0.4, 0.5) is 0 Å². The number of benzene rings is 2. The van der Waals surface area contributed by atoms with Gasteiger partial charge in [-0.2, -0.15) is 0 Å². The molecule has 0 spiro atoms. The van der Waals surface area contributed by atoms with E-state index in [2.05, 4.69) is 9.72 Å². The minimum atomic E-state index is -0.372. The molecule has 0 aliphatic rings. The van der Waals surface area contributed by atoms with E-state index < -0.39 is 0 Å². The number of nitrogens with zero attached hydrogens (tertiary/aromatic N) is 1. The summed E-state index contributed by atoms with van der Waals surface area (Å²) in [6, 6.07) is 17.3. The predicted molar refractivity (Wildman–Crippen MR) is 103 cm³/mol. The van der Waals surface area contributed by atoms with Crippen LogP contribution in [-0.4, -0.2) is 18.1 Å². The molecule has 0 amide bonds. The molecule has 1 aromatic heterocycles. The number of allylic oxidation sites excluding steroid dienone is 1. The second-order valence-electron chi connectivity index (χ2n) is 6.05. The van der Waals surface area contributed by atoms with Crippen LogP contribution < -0.4 is 4.74 Å². The van der Waals surface area contributed by atoms with Gasteiger partial charge in [-0.15, -0.1) is 0 Å². The molecule has 1 heterocycles. The molecule has 0 fully saturated rings. The molecule has 3 aromatic rings. The molecule has 0 radical (unpaired) electrons. The molecule has 0 bridgehead atoms. The SMILES string of the molecule is COC(=O)C=C(C)c1ccc(OCc2nc(-c3ccccc3)oc2C)cc1. The lowest BCUT2D eigenvalue weighted by atomic mass is 10.1. The number of carbonyl (C=O) groups excluding carboxylic acids is 1. The Bertz CT molecular complexity index is 940. The minimum Gasteiger partial charge on any atom is -0.487 e. The van der Waals surface area contributed by atoms with Crippen molar-refractivity contribution in [1.29, 1.82) is 0 Å². The molecular weight excluding hydrogens is 342 g/mol. The fraction of sp³-hybridized carbons (Fsp3) is 0.182. The van der Waals surface area contributed by atoms with E-state index >= 15 is 0 Å². The standard InChI is InChI=1S/C22H21NO4/c1-15(13-21(24)25-3)17-9-11-19(12-10-17)26-14-20-16(2)27-22(23-20)18-7-5-4-6-8-18/h4-13H,14H2,1-3H3. The van der Waals surface area contributed by atoms with Crippen molar-refractivity contribution in [1.82, 2.24) is 4.98 Å². The van der Waals surface area contributed by atoms with Crippen molar-refractivity contribution in [3.05, 3.63) is 77.7 Å². The average molecular weight is 363 g/mol. The normalized spacial score (nSPS) is 11.3. The molecule has 0 unspecified atom stereocenters. The first-order chi connectivity index (χ1) is 13.1. The number of methoxy groups -OCH3 is 1. The Morgan fingerprint density at radius 2 is 1.81 bits per heavy atom. The first-order valence-corrected chi connectivity index (χ1v) is 8.58. The largest absolute Gasteiger partial charge is 0.487 e. The van der Waals surface area contributed by atoms with Crippen molar-refractivity contribution < 1.29 is 18.7 Å². The Balaban J connectivity index is 1.66. The zero-order valence-corrected chi connectivity index (χ0v) is 15.6. The van der Waals surface area contributed by atoms with Crippen LogP contribution in [0.5, 0.6) is 5.75 Å². The summed E-state index contributed by atoms with van der Waals surface area (Å²) in [6.45, 7) is 4.05. The van der Waals surface area contributed by atoms with Gasteiger partial charge in [-0.1, -0.05) is 30.3 Å². The summed E-state index contributed by atoms with van der Waals surface area (Å²) in [5.41, 5.74) is 3.45. The molecule has 0 saturated carbocycles. The quantitative estimate of drug-likeness (QED) is 0.465. The number of ether oxygens (including phenoxy) is 2. The van der Waals surface area contributed by atoms with Crippen LogP contribution in [0.15, 0.2) is 65.1 Å². The van der Waals surface area contributed by atoms with Gasteiger partial charge in [-0.25, -0.2) is 9.78 Å². The van der Waals surface area contributed by atoms with Gasteiger partial charge >= 0.3 is 5.97 Å². The second-order valence-corrected chi connectivity index (χ2v) is 6.05. The highest BCUT2D eigenvalue weighted by Crippen LogP contribution is 2.23. The number of hydrogen-bond donors (Lipinski definition) is 0. The number of aromatic nitrogens is 1. The van der Waals surface area contributed by atoms with Gasteiger partial charge in [0.05, 0.1) is 7.11 Å². The molecule has 5 nitrogen and oxygen atoms in total. The van der Waals surface area contributed by atoms with Gasteiger partial charge in [-0.05, 0) is 49.2 Å². The van der Waals surface area contributed by atoms with Gasteiger partial charge in [0.15, 0.2) is 0 Å². The van der Waals surface area contributed by atoms with Crippen molar-refractivity contribution in [2.24, 2.45) is 0 Å².